The fraction of sp³-hybridized carbons (Fsp3) is 1.00. The van der Waals surface area contributed by atoms with Crippen molar-refractivity contribution >= 4 is 0 Å². The topological polar surface area (TPSA) is 19.4 Å². The number of rotatable bonds is 6. The molecule has 0 N–H and O–H groups in total. The van der Waals surface area contributed by atoms with Gasteiger partial charge in [-0.15, -0.1) is 0 Å². The lowest BCUT2D eigenvalue weighted by atomic mass is 10.4. The minimum atomic E-state index is 1.14. The predicted octanol–water partition coefficient (Wildman–Crippen LogP) is 0.938. The number of nitrogens with zero attached hydrogens (tertiary/aromatic N) is 6. The second-order valence-electron chi connectivity index (χ2n) is 8.34. The Labute approximate surface area is 147 Å². The molecule has 6 heteroatoms. The van der Waals surface area contributed by atoms with E-state index in [2.05, 4.69) is 29.4 Å². The Morgan fingerprint density at radius 3 is 0.833 bits per heavy atom. The van der Waals surface area contributed by atoms with Crippen LogP contribution in [0.3, 0.4) is 0 Å². The van der Waals surface area contributed by atoms with Gasteiger partial charge in [-0.25, -0.2) is 0 Å². The van der Waals surface area contributed by atoms with Crippen LogP contribution in [0.4, 0.5) is 0 Å². The molecule has 0 aromatic carbocycles. The second-order valence-corrected chi connectivity index (χ2v) is 8.34. The normalized spacial score (nSPS) is 30.0. The third kappa shape index (κ3) is 4.68. The average molecular weight is 337 g/mol. The van der Waals surface area contributed by atoms with Crippen LogP contribution >= 0.6 is 0 Å². The van der Waals surface area contributed by atoms with Gasteiger partial charge in [0.1, 0.15) is 0 Å². The molecule has 138 valence electrons. The van der Waals surface area contributed by atoms with Gasteiger partial charge in [0.15, 0.2) is 0 Å². The molecular formula is C18H36N6. The standard InChI is InChI=1S/C18H36N6/c1-2-8-19(7-1)13-22-16-23(14-20-9-3-4-10-20)18-24(17-22)15-21-11-5-6-12-21/h1-18H2. The zero-order chi connectivity index (χ0) is 16.2. The summed E-state index contributed by atoms with van der Waals surface area (Å²) in [7, 11) is 0. The predicted molar refractivity (Wildman–Crippen MR) is 97.1 cm³/mol. The van der Waals surface area contributed by atoms with Crippen LogP contribution in [0.5, 0.6) is 0 Å². The smallest absolute Gasteiger partial charge is 0.0555 e. The first kappa shape index (κ1) is 17.2. The summed E-state index contributed by atoms with van der Waals surface area (Å²) in [4.78, 5) is 15.9. The zero-order valence-electron chi connectivity index (χ0n) is 15.4. The van der Waals surface area contributed by atoms with Gasteiger partial charge >= 0.3 is 0 Å². The van der Waals surface area contributed by atoms with Crippen LogP contribution in [-0.4, -0.2) is 109 Å². The van der Waals surface area contributed by atoms with E-state index < -0.39 is 0 Å². The minimum Gasteiger partial charge on any atom is -0.290 e. The van der Waals surface area contributed by atoms with E-state index in [-0.39, 0.29) is 0 Å². The maximum absolute atomic E-state index is 2.67. The molecule has 4 aliphatic heterocycles. The molecule has 0 aromatic rings. The Morgan fingerprint density at radius 1 is 0.333 bits per heavy atom. The van der Waals surface area contributed by atoms with Gasteiger partial charge in [0.25, 0.3) is 0 Å². The summed E-state index contributed by atoms with van der Waals surface area (Å²) >= 11 is 0. The SMILES string of the molecule is C1CCN(CN2CN(CN3CCCC3)CN(CN3CCCC3)C2)C1. The molecule has 0 spiro atoms. The molecule has 4 fully saturated rings. The van der Waals surface area contributed by atoms with E-state index >= 15 is 0 Å². The molecule has 0 saturated carbocycles. The Kier molecular flexibility index (Phi) is 6.04. The summed E-state index contributed by atoms with van der Waals surface area (Å²) in [6, 6.07) is 0. The van der Waals surface area contributed by atoms with E-state index in [0.29, 0.717) is 0 Å². The average Bonchev–Trinajstić information content (AvgIpc) is 3.30. The number of hydrogen-bond acceptors (Lipinski definition) is 6. The van der Waals surface area contributed by atoms with Crippen LogP contribution in [0.2, 0.25) is 0 Å². The van der Waals surface area contributed by atoms with Crippen LogP contribution in [0.25, 0.3) is 0 Å². The largest absolute Gasteiger partial charge is 0.290 e. The van der Waals surface area contributed by atoms with Crippen molar-refractivity contribution in [1.29, 1.82) is 0 Å². The molecule has 0 aromatic heterocycles. The Hall–Kier alpha value is -0.240. The van der Waals surface area contributed by atoms with Crippen molar-refractivity contribution in [3.63, 3.8) is 0 Å². The number of hydrogen-bond donors (Lipinski definition) is 0. The molecule has 4 saturated heterocycles. The van der Waals surface area contributed by atoms with Crippen molar-refractivity contribution < 1.29 is 0 Å². The van der Waals surface area contributed by atoms with Crippen LogP contribution in [0, 0.1) is 0 Å². The second kappa shape index (κ2) is 8.43. The van der Waals surface area contributed by atoms with Crippen LogP contribution < -0.4 is 0 Å². The van der Waals surface area contributed by atoms with Gasteiger partial charge in [-0.3, -0.25) is 29.4 Å². The Bertz CT molecular complexity index is 311. The first-order valence-corrected chi connectivity index (χ1v) is 10.2. The van der Waals surface area contributed by atoms with Crippen molar-refractivity contribution in [1.82, 2.24) is 29.4 Å². The summed E-state index contributed by atoms with van der Waals surface area (Å²) in [6.45, 7) is 14.7. The lowest BCUT2D eigenvalue weighted by Gasteiger charge is -2.45. The molecule has 0 aliphatic carbocycles. The molecule has 24 heavy (non-hydrogen) atoms. The third-order valence-electron chi connectivity index (χ3n) is 6.00. The summed E-state index contributed by atoms with van der Waals surface area (Å²) in [5.74, 6) is 0. The molecule has 4 rings (SSSR count). The van der Waals surface area contributed by atoms with Crippen molar-refractivity contribution in [3.05, 3.63) is 0 Å². The quantitative estimate of drug-likeness (QED) is 0.714. The highest BCUT2D eigenvalue weighted by molar-refractivity contribution is 4.75. The third-order valence-corrected chi connectivity index (χ3v) is 6.00. The molecule has 0 bridgehead atoms. The van der Waals surface area contributed by atoms with Gasteiger partial charge in [-0.2, -0.15) is 0 Å². The Morgan fingerprint density at radius 2 is 0.583 bits per heavy atom. The van der Waals surface area contributed by atoms with Gasteiger partial charge in [0.05, 0.1) is 40.0 Å². The summed E-state index contributed by atoms with van der Waals surface area (Å²) < 4.78 is 0. The number of likely N-dealkylation sites (tertiary alicyclic amines) is 3. The minimum absolute atomic E-state index is 1.14. The molecule has 6 nitrogen and oxygen atoms in total. The summed E-state index contributed by atoms with van der Waals surface area (Å²) in [5, 5.41) is 0. The highest BCUT2D eigenvalue weighted by Gasteiger charge is 2.28. The van der Waals surface area contributed by atoms with Gasteiger partial charge in [-0.1, -0.05) is 0 Å². The fourth-order valence-electron chi connectivity index (χ4n) is 4.87. The first-order chi connectivity index (χ1) is 11.8. The van der Waals surface area contributed by atoms with Crippen molar-refractivity contribution in [2.24, 2.45) is 0 Å². The zero-order valence-corrected chi connectivity index (χ0v) is 15.4. The van der Waals surface area contributed by atoms with E-state index in [1.807, 2.05) is 0 Å². The molecule has 0 radical (unpaired) electrons. The Balaban J connectivity index is 1.33. The van der Waals surface area contributed by atoms with E-state index in [0.717, 1.165) is 40.0 Å². The van der Waals surface area contributed by atoms with Crippen LogP contribution in [0.15, 0.2) is 0 Å². The maximum Gasteiger partial charge on any atom is 0.0555 e. The molecule has 4 heterocycles. The van der Waals surface area contributed by atoms with Crippen LogP contribution in [0.1, 0.15) is 38.5 Å². The van der Waals surface area contributed by atoms with Gasteiger partial charge in [-0.05, 0) is 77.8 Å². The van der Waals surface area contributed by atoms with Gasteiger partial charge in [0, 0.05) is 0 Å². The van der Waals surface area contributed by atoms with E-state index in [4.69, 9.17) is 0 Å². The van der Waals surface area contributed by atoms with Gasteiger partial charge in [0.2, 0.25) is 0 Å². The monoisotopic (exact) mass is 336 g/mol. The van der Waals surface area contributed by atoms with Crippen molar-refractivity contribution in [2.45, 2.75) is 38.5 Å². The lowest BCUT2D eigenvalue weighted by molar-refractivity contribution is -0.0812. The lowest BCUT2D eigenvalue weighted by Crippen LogP contribution is -2.60. The first-order valence-electron chi connectivity index (χ1n) is 10.2. The highest BCUT2D eigenvalue weighted by Crippen LogP contribution is 2.16. The maximum atomic E-state index is 2.67. The van der Waals surface area contributed by atoms with E-state index in [1.165, 1.54) is 77.8 Å². The molecule has 0 amide bonds. The van der Waals surface area contributed by atoms with E-state index in [9.17, 15) is 0 Å². The molecule has 0 unspecified atom stereocenters. The molecule has 4 aliphatic rings. The fourth-order valence-corrected chi connectivity index (χ4v) is 4.87. The summed E-state index contributed by atoms with van der Waals surface area (Å²) in [6.07, 6.45) is 8.35. The van der Waals surface area contributed by atoms with Crippen molar-refractivity contribution in [3.8, 4) is 0 Å². The summed E-state index contributed by atoms with van der Waals surface area (Å²) in [5.41, 5.74) is 0. The van der Waals surface area contributed by atoms with Crippen molar-refractivity contribution in [2.75, 3.05) is 79.3 Å². The van der Waals surface area contributed by atoms with E-state index in [1.54, 1.807) is 0 Å². The highest BCUT2D eigenvalue weighted by atomic mass is 15.6. The van der Waals surface area contributed by atoms with Crippen LogP contribution in [-0.2, 0) is 0 Å². The van der Waals surface area contributed by atoms with Gasteiger partial charge < -0.3 is 0 Å². The molecule has 0 atom stereocenters. The molecular weight excluding hydrogens is 300 g/mol.